The van der Waals surface area contributed by atoms with Gasteiger partial charge in [0.15, 0.2) is 5.69 Å². The summed E-state index contributed by atoms with van der Waals surface area (Å²) >= 11 is 0. The van der Waals surface area contributed by atoms with Gasteiger partial charge in [-0.1, -0.05) is 13.8 Å². The van der Waals surface area contributed by atoms with Gasteiger partial charge in [-0.25, -0.2) is 9.48 Å². The minimum atomic E-state index is -0.551. The topological polar surface area (TPSA) is 94.0 Å². The Balaban J connectivity index is 1.71. The van der Waals surface area contributed by atoms with E-state index in [1.807, 2.05) is 38.1 Å². The van der Waals surface area contributed by atoms with Crippen LogP contribution < -0.4 is 14.5 Å². The first-order chi connectivity index (χ1) is 17.3. The molecule has 0 aliphatic carbocycles. The van der Waals surface area contributed by atoms with Crippen LogP contribution in [-0.4, -0.2) is 54.9 Å². The van der Waals surface area contributed by atoms with E-state index in [-0.39, 0.29) is 30.0 Å². The number of carbonyl (C=O) groups excluding carboxylic acids is 3. The third-order valence-electron chi connectivity index (χ3n) is 6.18. The summed E-state index contributed by atoms with van der Waals surface area (Å²) in [5, 5.41) is 4.50. The summed E-state index contributed by atoms with van der Waals surface area (Å²) in [6.45, 7) is 6.03. The van der Waals surface area contributed by atoms with Gasteiger partial charge in [0.25, 0.3) is 5.91 Å². The molecule has 0 radical (unpaired) electrons. The van der Waals surface area contributed by atoms with Crippen LogP contribution in [0.5, 0.6) is 5.75 Å². The van der Waals surface area contributed by atoms with Gasteiger partial charge in [0, 0.05) is 36.4 Å². The van der Waals surface area contributed by atoms with Crippen molar-refractivity contribution in [2.24, 2.45) is 5.92 Å². The highest BCUT2D eigenvalue weighted by atomic mass is 16.5. The van der Waals surface area contributed by atoms with Crippen LogP contribution in [0.4, 0.5) is 11.4 Å². The van der Waals surface area contributed by atoms with E-state index >= 15 is 0 Å². The summed E-state index contributed by atoms with van der Waals surface area (Å²) in [5.74, 6) is -0.266. The molecule has 4 rings (SSSR count). The summed E-state index contributed by atoms with van der Waals surface area (Å²) in [5.41, 5.74) is 3.12. The van der Waals surface area contributed by atoms with Gasteiger partial charge in [-0.2, -0.15) is 5.10 Å². The fourth-order valence-electron chi connectivity index (χ4n) is 4.25. The summed E-state index contributed by atoms with van der Waals surface area (Å²) in [4.78, 5) is 42.0. The number of fused-ring (bicyclic) bond motifs is 1. The van der Waals surface area contributed by atoms with E-state index < -0.39 is 5.97 Å². The van der Waals surface area contributed by atoms with E-state index in [9.17, 15) is 14.4 Å². The van der Waals surface area contributed by atoms with E-state index in [0.29, 0.717) is 41.3 Å². The van der Waals surface area contributed by atoms with Crippen molar-refractivity contribution in [3.05, 3.63) is 65.5 Å². The second-order valence-corrected chi connectivity index (χ2v) is 8.78. The monoisotopic (exact) mass is 490 g/mol. The number of esters is 1. The van der Waals surface area contributed by atoms with Gasteiger partial charge >= 0.3 is 5.97 Å². The molecule has 0 spiro atoms. The first kappa shape index (κ1) is 25.0. The first-order valence-electron chi connectivity index (χ1n) is 11.9. The summed E-state index contributed by atoms with van der Waals surface area (Å²) in [6, 6.07) is 14.4. The van der Waals surface area contributed by atoms with E-state index in [1.54, 1.807) is 55.1 Å². The number of benzene rings is 2. The number of carbonyl (C=O) groups is 3. The number of methoxy groups -OCH3 is 1. The Hall–Kier alpha value is -4.14. The minimum absolute atomic E-state index is 0.0105. The third-order valence-corrected chi connectivity index (χ3v) is 6.18. The average Bonchev–Trinajstić information content (AvgIpc) is 3.29. The maximum Gasteiger partial charge on any atom is 0.359 e. The molecule has 2 heterocycles. The molecule has 0 saturated carbocycles. The fourth-order valence-corrected chi connectivity index (χ4v) is 4.25. The smallest absolute Gasteiger partial charge is 0.359 e. The molecule has 188 valence electrons. The fraction of sp³-hybridized carbons (Fsp3) is 0.333. The molecule has 1 aliphatic rings. The van der Waals surface area contributed by atoms with Gasteiger partial charge in [0.1, 0.15) is 11.4 Å². The van der Waals surface area contributed by atoms with E-state index in [2.05, 4.69) is 5.10 Å². The molecule has 0 fully saturated rings. The molecule has 2 amide bonds. The predicted octanol–water partition coefficient (Wildman–Crippen LogP) is 3.88. The summed E-state index contributed by atoms with van der Waals surface area (Å²) in [7, 11) is 3.31. The molecule has 36 heavy (non-hydrogen) atoms. The van der Waals surface area contributed by atoms with Crippen LogP contribution in [0.25, 0.3) is 5.69 Å². The van der Waals surface area contributed by atoms with Gasteiger partial charge in [-0.3, -0.25) is 9.59 Å². The molecule has 9 nitrogen and oxygen atoms in total. The summed E-state index contributed by atoms with van der Waals surface area (Å²) < 4.78 is 11.9. The second kappa shape index (κ2) is 10.2. The maximum absolute atomic E-state index is 13.8. The molecule has 9 heteroatoms. The number of hydrogen-bond donors (Lipinski definition) is 0. The number of ether oxygens (including phenoxy) is 2. The zero-order valence-electron chi connectivity index (χ0n) is 21.1. The number of aromatic nitrogens is 2. The third kappa shape index (κ3) is 4.56. The molecule has 3 aromatic rings. The van der Waals surface area contributed by atoms with Crippen molar-refractivity contribution < 1.29 is 23.9 Å². The standard InChI is InChI=1S/C27H30N4O5/c1-6-36-27(34)23-22-15-16-30(19-9-7-18(8-10-19)29(4)25(32)17(2)3)26(33)24(22)31(28-23)20-11-13-21(35-5)14-12-20/h7-14,17H,6,15-16H2,1-5H3. The van der Waals surface area contributed by atoms with Crippen LogP contribution in [0.1, 0.15) is 47.3 Å². The van der Waals surface area contributed by atoms with Gasteiger partial charge in [0.05, 0.1) is 19.4 Å². The Bertz CT molecular complexity index is 1280. The first-order valence-corrected chi connectivity index (χ1v) is 11.9. The van der Waals surface area contributed by atoms with Crippen LogP contribution in [0.3, 0.4) is 0 Å². The highest BCUT2D eigenvalue weighted by Crippen LogP contribution is 2.30. The molecule has 0 saturated heterocycles. The lowest BCUT2D eigenvalue weighted by atomic mass is 10.0. The van der Waals surface area contributed by atoms with Crippen molar-refractivity contribution in [1.82, 2.24) is 9.78 Å². The predicted molar refractivity (Wildman–Crippen MR) is 136 cm³/mol. The highest BCUT2D eigenvalue weighted by Gasteiger charge is 2.35. The normalized spacial score (nSPS) is 12.9. The van der Waals surface area contributed by atoms with E-state index in [4.69, 9.17) is 9.47 Å². The SMILES string of the molecule is CCOC(=O)c1nn(-c2ccc(OC)cc2)c2c1CCN(c1ccc(N(C)C(=O)C(C)C)cc1)C2=O. The molecule has 0 bridgehead atoms. The number of amides is 2. The second-order valence-electron chi connectivity index (χ2n) is 8.78. The number of hydrogen-bond acceptors (Lipinski definition) is 6. The van der Waals surface area contributed by atoms with Crippen molar-refractivity contribution in [1.29, 1.82) is 0 Å². The molecule has 1 aromatic heterocycles. The van der Waals surface area contributed by atoms with Gasteiger partial charge in [-0.05, 0) is 61.9 Å². The van der Waals surface area contributed by atoms with Crippen LogP contribution in [-0.2, 0) is 16.0 Å². The quantitative estimate of drug-likeness (QED) is 0.467. The number of rotatable bonds is 7. The van der Waals surface area contributed by atoms with Crippen molar-refractivity contribution >= 4 is 29.2 Å². The minimum Gasteiger partial charge on any atom is -0.497 e. The lowest BCUT2D eigenvalue weighted by Crippen LogP contribution is -2.39. The van der Waals surface area contributed by atoms with E-state index in [0.717, 1.165) is 5.69 Å². The van der Waals surface area contributed by atoms with Crippen molar-refractivity contribution in [3.63, 3.8) is 0 Å². The molecule has 0 atom stereocenters. The Morgan fingerprint density at radius 1 is 1.06 bits per heavy atom. The molecular weight excluding hydrogens is 460 g/mol. The number of nitrogens with zero attached hydrogens (tertiary/aromatic N) is 4. The zero-order chi connectivity index (χ0) is 26.0. The van der Waals surface area contributed by atoms with Crippen LogP contribution in [0.15, 0.2) is 48.5 Å². The lowest BCUT2D eigenvalue weighted by molar-refractivity contribution is -0.121. The molecule has 0 N–H and O–H groups in total. The van der Waals surface area contributed by atoms with Gasteiger partial charge in [0.2, 0.25) is 5.91 Å². The van der Waals surface area contributed by atoms with Crippen molar-refractivity contribution in [3.8, 4) is 11.4 Å². The Morgan fingerprint density at radius 2 is 1.69 bits per heavy atom. The number of anilines is 2. The molecule has 0 unspecified atom stereocenters. The van der Waals surface area contributed by atoms with Crippen LogP contribution >= 0.6 is 0 Å². The maximum atomic E-state index is 13.8. The van der Waals surface area contributed by atoms with E-state index in [1.165, 1.54) is 4.68 Å². The van der Waals surface area contributed by atoms with Gasteiger partial charge < -0.3 is 19.3 Å². The Morgan fingerprint density at radius 3 is 2.28 bits per heavy atom. The highest BCUT2D eigenvalue weighted by molar-refractivity contribution is 6.09. The summed E-state index contributed by atoms with van der Waals surface area (Å²) in [6.07, 6.45) is 0.443. The molecular formula is C27H30N4O5. The largest absolute Gasteiger partial charge is 0.497 e. The van der Waals surface area contributed by atoms with Crippen molar-refractivity contribution in [2.75, 3.05) is 37.1 Å². The van der Waals surface area contributed by atoms with Crippen molar-refractivity contribution in [2.45, 2.75) is 27.2 Å². The Kier molecular flexibility index (Phi) is 7.10. The van der Waals surface area contributed by atoms with Crippen LogP contribution in [0.2, 0.25) is 0 Å². The van der Waals surface area contributed by atoms with Gasteiger partial charge in [-0.15, -0.1) is 0 Å². The molecule has 2 aromatic carbocycles. The average molecular weight is 491 g/mol. The molecule has 1 aliphatic heterocycles. The lowest BCUT2D eigenvalue weighted by Gasteiger charge is -2.28. The zero-order valence-corrected chi connectivity index (χ0v) is 21.1. The Labute approximate surface area is 210 Å². The van der Waals surface area contributed by atoms with Crippen LogP contribution in [0, 0.1) is 5.92 Å².